The maximum absolute atomic E-state index is 12.1. The second kappa shape index (κ2) is 5.26. The Hall–Kier alpha value is -1.85. The van der Waals surface area contributed by atoms with Crippen LogP contribution in [0, 0.1) is 6.92 Å². The van der Waals surface area contributed by atoms with Crippen LogP contribution in [0.1, 0.15) is 27.7 Å². The smallest absolute Gasteiger partial charge is 0.340 e. The van der Waals surface area contributed by atoms with Crippen LogP contribution in [0.15, 0.2) is 18.2 Å². The predicted octanol–water partition coefficient (Wildman–Crippen LogP) is 2.35. The van der Waals surface area contributed by atoms with Crippen LogP contribution in [0.2, 0.25) is 0 Å². The molecule has 0 bridgehead atoms. The van der Waals surface area contributed by atoms with Crippen molar-refractivity contribution in [2.75, 3.05) is 26.9 Å². The van der Waals surface area contributed by atoms with Gasteiger partial charge in [0.05, 0.1) is 38.2 Å². The minimum atomic E-state index is -0.356. The number of carbonyl (C=O) groups is 1. The summed E-state index contributed by atoms with van der Waals surface area (Å²) < 4.78 is 16.0. The first-order valence-corrected chi connectivity index (χ1v) is 6.60. The number of carbonyl (C=O) groups excluding carboxylic acids is 1. The molecule has 20 heavy (non-hydrogen) atoms. The van der Waals surface area contributed by atoms with Crippen molar-refractivity contribution < 1.29 is 19.0 Å². The first-order chi connectivity index (χ1) is 9.70. The van der Waals surface area contributed by atoms with Crippen molar-refractivity contribution in [1.29, 1.82) is 0 Å². The number of benzene rings is 1. The SMILES string of the molecule is COC(=O)c1c(C2COCCO2)[nH]c2ccc(C)cc12. The molecule has 1 fully saturated rings. The molecule has 3 rings (SSSR count). The Bertz CT molecular complexity index is 641. The van der Waals surface area contributed by atoms with Crippen LogP contribution in [0.25, 0.3) is 10.9 Å². The summed E-state index contributed by atoms with van der Waals surface area (Å²) in [5.41, 5.74) is 3.27. The lowest BCUT2D eigenvalue weighted by molar-refractivity contribution is -0.0917. The molecule has 1 saturated heterocycles. The van der Waals surface area contributed by atoms with E-state index in [1.54, 1.807) is 0 Å². The Morgan fingerprint density at radius 2 is 2.25 bits per heavy atom. The Kier molecular flexibility index (Phi) is 3.46. The number of methoxy groups -OCH3 is 1. The van der Waals surface area contributed by atoms with Gasteiger partial charge in [0.2, 0.25) is 0 Å². The number of fused-ring (bicyclic) bond motifs is 1. The largest absolute Gasteiger partial charge is 0.465 e. The van der Waals surface area contributed by atoms with E-state index in [9.17, 15) is 4.79 Å². The Labute approximate surface area is 116 Å². The van der Waals surface area contributed by atoms with E-state index in [-0.39, 0.29) is 12.1 Å². The Morgan fingerprint density at radius 3 is 2.95 bits per heavy atom. The standard InChI is InChI=1S/C15H17NO4/c1-9-3-4-11-10(7-9)13(15(17)18-2)14(16-11)12-8-19-5-6-20-12/h3-4,7,12,16H,5-6,8H2,1-2H3. The molecular weight excluding hydrogens is 258 g/mol. The summed E-state index contributed by atoms with van der Waals surface area (Å²) in [6.07, 6.45) is -0.259. The van der Waals surface area contributed by atoms with Crippen molar-refractivity contribution in [2.45, 2.75) is 13.0 Å². The highest BCUT2D eigenvalue weighted by atomic mass is 16.6. The lowest BCUT2D eigenvalue weighted by Gasteiger charge is -2.22. The zero-order valence-electron chi connectivity index (χ0n) is 11.6. The lowest BCUT2D eigenvalue weighted by Crippen LogP contribution is -2.23. The highest BCUT2D eigenvalue weighted by Crippen LogP contribution is 2.31. The van der Waals surface area contributed by atoms with Gasteiger partial charge in [-0.05, 0) is 19.1 Å². The molecule has 1 N–H and O–H groups in total. The molecule has 1 unspecified atom stereocenters. The van der Waals surface area contributed by atoms with Gasteiger partial charge < -0.3 is 19.2 Å². The fourth-order valence-electron chi connectivity index (χ4n) is 2.54. The first-order valence-electron chi connectivity index (χ1n) is 6.60. The van der Waals surface area contributed by atoms with Gasteiger partial charge in [-0.25, -0.2) is 4.79 Å². The highest BCUT2D eigenvalue weighted by Gasteiger charge is 2.27. The van der Waals surface area contributed by atoms with Crippen molar-refractivity contribution in [3.8, 4) is 0 Å². The molecule has 2 aromatic rings. The fourth-order valence-corrected chi connectivity index (χ4v) is 2.54. The molecule has 0 saturated carbocycles. The monoisotopic (exact) mass is 275 g/mol. The summed E-state index contributed by atoms with van der Waals surface area (Å²) in [5, 5.41) is 0.862. The average molecular weight is 275 g/mol. The summed E-state index contributed by atoms with van der Waals surface area (Å²) in [4.78, 5) is 15.4. The molecule has 0 aliphatic carbocycles. The molecule has 1 aromatic carbocycles. The van der Waals surface area contributed by atoms with E-state index in [0.717, 1.165) is 22.2 Å². The molecule has 1 atom stereocenters. The van der Waals surface area contributed by atoms with Gasteiger partial charge in [-0.2, -0.15) is 0 Å². The number of hydrogen-bond donors (Lipinski definition) is 1. The molecule has 1 aliphatic rings. The number of H-pyrrole nitrogens is 1. The number of aromatic nitrogens is 1. The van der Waals surface area contributed by atoms with Gasteiger partial charge in [-0.1, -0.05) is 11.6 Å². The van der Waals surface area contributed by atoms with E-state index in [0.29, 0.717) is 25.4 Å². The van der Waals surface area contributed by atoms with Crippen molar-refractivity contribution in [2.24, 2.45) is 0 Å². The van der Waals surface area contributed by atoms with Gasteiger partial charge >= 0.3 is 5.97 Å². The Morgan fingerprint density at radius 1 is 1.40 bits per heavy atom. The van der Waals surface area contributed by atoms with Crippen molar-refractivity contribution in [1.82, 2.24) is 4.98 Å². The number of ether oxygens (including phenoxy) is 3. The number of esters is 1. The van der Waals surface area contributed by atoms with Crippen LogP contribution in [-0.4, -0.2) is 37.9 Å². The topological polar surface area (TPSA) is 60.6 Å². The van der Waals surface area contributed by atoms with Gasteiger partial charge in [0.15, 0.2) is 0 Å². The number of aromatic amines is 1. The third kappa shape index (κ3) is 2.19. The number of rotatable bonds is 2. The molecule has 0 amide bonds. The molecule has 5 heteroatoms. The second-order valence-corrected chi connectivity index (χ2v) is 4.89. The van der Waals surface area contributed by atoms with Crippen molar-refractivity contribution in [3.05, 3.63) is 35.0 Å². The summed E-state index contributed by atoms with van der Waals surface area (Å²) in [7, 11) is 1.39. The summed E-state index contributed by atoms with van der Waals surface area (Å²) in [6.45, 7) is 3.55. The van der Waals surface area contributed by atoms with Crippen LogP contribution in [0.5, 0.6) is 0 Å². The van der Waals surface area contributed by atoms with Crippen LogP contribution in [0.3, 0.4) is 0 Å². The molecule has 2 heterocycles. The predicted molar refractivity (Wildman–Crippen MR) is 73.9 cm³/mol. The van der Waals surface area contributed by atoms with Crippen LogP contribution in [-0.2, 0) is 14.2 Å². The number of nitrogens with one attached hydrogen (secondary N) is 1. The van der Waals surface area contributed by atoms with Crippen molar-refractivity contribution >= 4 is 16.9 Å². The molecule has 1 aliphatic heterocycles. The fraction of sp³-hybridized carbons (Fsp3) is 0.400. The van der Waals surface area contributed by atoms with E-state index < -0.39 is 0 Å². The molecule has 0 radical (unpaired) electrons. The van der Waals surface area contributed by atoms with Gasteiger partial charge in [0, 0.05) is 10.9 Å². The molecular formula is C15H17NO4. The van der Waals surface area contributed by atoms with Gasteiger partial charge in [0.25, 0.3) is 0 Å². The van der Waals surface area contributed by atoms with Gasteiger partial charge in [0.1, 0.15) is 6.10 Å². The molecule has 5 nitrogen and oxygen atoms in total. The average Bonchev–Trinajstić information content (AvgIpc) is 2.86. The highest BCUT2D eigenvalue weighted by molar-refractivity contribution is 6.05. The van der Waals surface area contributed by atoms with E-state index in [1.807, 2.05) is 25.1 Å². The molecule has 106 valence electrons. The minimum Gasteiger partial charge on any atom is -0.465 e. The second-order valence-electron chi connectivity index (χ2n) is 4.89. The number of hydrogen-bond acceptors (Lipinski definition) is 4. The molecule has 1 aromatic heterocycles. The third-order valence-electron chi connectivity index (χ3n) is 3.51. The van der Waals surface area contributed by atoms with Crippen molar-refractivity contribution in [3.63, 3.8) is 0 Å². The van der Waals surface area contributed by atoms with E-state index in [2.05, 4.69) is 4.98 Å². The van der Waals surface area contributed by atoms with Crippen LogP contribution < -0.4 is 0 Å². The Balaban J connectivity index is 2.16. The summed E-state index contributed by atoms with van der Waals surface area (Å²) in [6, 6.07) is 5.94. The van der Waals surface area contributed by atoms with Gasteiger partial charge in [-0.3, -0.25) is 0 Å². The summed E-state index contributed by atoms with van der Waals surface area (Å²) in [5.74, 6) is -0.356. The quantitative estimate of drug-likeness (QED) is 0.855. The van der Waals surface area contributed by atoms with Crippen LogP contribution >= 0.6 is 0 Å². The van der Waals surface area contributed by atoms with Crippen LogP contribution in [0.4, 0.5) is 0 Å². The number of aryl methyl sites for hydroxylation is 1. The summed E-state index contributed by atoms with van der Waals surface area (Å²) >= 11 is 0. The van der Waals surface area contributed by atoms with E-state index in [1.165, 1.54) is 7.11 Å². The maximum Gasteiger partial charge on any atom is 0.340 e. The zero-order valence-corrected chi connectivity index (χ0v) is 11.6. The van der Waals surface area contributed by atoms with E-state index in [4.69, 9.17) is 14.2 Å². The van der Waals surface area contributed by atoms with Gasteiger partial charge in [-0.15, -0.1) is 0 Å². The lowest BCUT2D eigenvalue weighted by atomic mass is 10.1. The third-order valence-corrected chi connectivity index (χ3v) is 3.51. The minimum absolute atomic E-state index is 0.259. The normalized spacial score (nSPS) is 19.2. The first kappa shape index (κ1) is 13.1. The maximum atomic E-state index is 12.1. The zero-order chi connectivity index (χ0) is 14.1. The van der Waals surface area contributed by atoms with E-state index >= 15 is 0 Å². The molecule has 0 spiro atoms.